The number of rotatable bonds is 3. The van der Waals surface area contributed by atoms with E-state index in [9.17, 15) is 5.11 Å². The van der Waals surface area contributed by atoms with Crippen molar-refractivity contribution in [2.24, 2.45) is 0 Å². The topological polar surface area (TPSA) is 29.5 Å². The van der Waals surface area contributed by atoms with E-state index in [1.165, 1.54) is 10.5 Å². The van der Waals surface area contributed by atoms with Crippen LogP contribution in [-0.4, -0.2) is 17.5 Å². The van der Waals surface area contributed by atoms with Gasteiger partial charge < -0.3 is 9.84 Å². The summed E-state index contributed by atoms with van der Waals surface area (Å²) in [6.45, 7) is 4.09. The third kappa shape index (κ3) is 2.68. The molecule has 2 aromatic carbocycles. The summed E-state index contributed by atoms with van der Waals surface area (Å²) >= 11 is 1.77. The van der Waals surface area contributed by atoms with E-state index >= 15 is 0 Å². The molecule has 3 rings (SSSR count). The zero-order valence-corrected chi connectivity index (χ0v) is 13.4. The van der Waals surface area contributed by atoms with Crippen molar-refractivity contribution in [2.45, 2.75) is 36.5 Å². The molecule has 2 nitrogen and oxygen atoms in total. The van der Waals surface area contributed by atoms with Gasteiger partial charge in [-0.15, -0.1) is 11.8 Å². The SMILES string of the molecule is COc1cc(C)cc(C)c1C(O)C1Cc2ccccc2S1. The maximum absolute atomic E-state index is 10.9. The van der Waals surface area contributed by atoms with Gasteiger partial charge in [0, 0.05) is 15.7 Å². The predicted molar refractivity (Wildman–Crippen MR) is 87.2 cm³/mol. The molecule has 0 aliphatic carbocycles. The van der Waals surface area contributed by atoms with Crippen molar-refractivity contribution in [3.63, 3.8) is 0 Å². The van der Waals surface area contributed by atoms with Crippen LogP contribution in [0.5, 0.6) is 5.75 Å². The van der Waals surface area contributed by atoms with Crippen LogP contribution in [0.1, 0.15) is 28.4 Å². The molecule has 0 saturated heterocycles. The Morgan fingerprint density at radius 3 is 2.71 bits per heavy atom. The Balaban J connectivity index is 1.92. The molecule has 2 aromatic rings. The van der Waals surface area contributed by atoms with E-state index in [0.717, 1.165) is 28.9 Å². The number of methoxy groups -OCH3 is 1. The first-order valence-corrected chi connectivity index (χ1v) is 8.06. The molecular formula is C18H20O2S. The van der Waals surface area contributed by atoms with E-state index in [0.29, 0.717) is 0 Å². The van der Waals surface area contributed by atoms with Crippen LogP contribution >= 0.6 is 11.8 Å². The van der Waals surface area contributed by atoms with E-state index < -0.39 is 6.10 Å². The highest BCUT2D eigenvalue weighted by Gasteiger charge is 2.31. The number of fused-ring (bicyclic) bond motifs is 1. The lowest BCUT2D eigenvalue weighted by atomic mass is 9.95. The van der Waals surface area contributed by atoms with Gasteiger partial charge in [-0.3, -0.25) is 0 Å². The number of aliphatic hydroxyl groups is 1. The Bertz CT molecular complexity index is 641. The molecular weight excluding hydrogens is 280 g/mol. The Kier molecular flexibility index (Phi) is 3.96. The maximum atomic E-state index is 10.9. The molecule has 1 N–H and O–H groups in total. The van der Waals surface area contributed by atoms with E-state index in [2.05, 4.69) is 30.3 Å². The first-order chi connectivity index (χ1) is 10.1. The van der Waals surface area contributed by atoms with Crippen LogP contribution in [0.25, 0.3) is 0 Å². The van der Waals surface area contributed by atoms with Crippen LogP contribution in [0.2, 0.25) is 0 Å². The third-order valence-corrected chi connectivity index (χ3v) is 5.41. The van der Waals surface area contributed by atoms with Crippen LogP contribution in [0.15, 0.2) is 41.3 Å². The highest BCUT2D eigenvalue weighted by atomic mass is 32.2. The smallest absolute Gasteiger partial charge is 0.125 e. The van der Waals surface area contributed by atoms with Gasteiger partial charge >= 0.3 is 0 Å². The van der Waals surface area contributed by atoms with Gasteiger partial charge in [0.05, 0.1) is 13.2 Å². The Morgan fingerprint density at radius 1 is 1.24 bits per heavy atom. The molecule has 0 amide bonds. The summed E-state index contributed by atoms with van der Waals surface area (Å²) in [6, 6.07) is 12.5. The summed E-state index contributed by atoms with van der Waals surface area (Å²) in [6.07, 6.45) is 0.385. The highest BCUT2D eigenvalue weighted by molar-refractivity contribution is 8.00. The molecule has 21 heavy (non-hydrogen) atoms. The van der Waals surface area contributed by atoms with Crippen LogP contribution in [0.4, 0.5) is 0 Å². The quantitative estimate of drug-likeness (QED) is 0.927. The van der Waals surface area contributed by atoms with E-state index in [1.54, 1.807) is 18.9 Å². The second-order valence-electron chi connectivity index (χ2n) is 5.61. The van der Waals surface area contributed by atoms with Gasteiger partial charge in [-0.25, -0.2) is 0 Å². The van der Waals surface area contributed by atoms with Gasteiger partial charge in [0.25, 0.3) is 0 Å². The lowest BCUT2D eigenvalue weighted by molar-refractivity contribution is 0.170. The second-order valence-corrected chi connectivity index (χ2v) is 6.89. The summed E-state index contributed by atoms with van der Waals surface area (Å²) in [5, 5.41) is 11.0. The number of hydrogen-bond donors (Lipinski definition) is 1. The maximum Gasteiger partial charge on any atom is 0.125 e. The fourth-order valence-corrected chi connectivity index (χ4v) is 4.37. The van der Waals surface area contributed by atoms with Crippen molar-refractivity contribution in [3.8, 4) is 5.75 Å². The largest absolute Gasteiger partial charge is 0.496 e. The standard InChI is InChI=1S/C18H20O2S/c1-11-8-12(2)17(14(9-11)20-3)18(19)16-10-13-6-4-5-7-15(13)21-16/h4-9,16,18-19H,10H2,1-3H3. The molecule has 110 valence electrons. The monoisotopic (exact) mass is 300 g/mol. The Hall–Kier alpha value is -1.45. The molecule has 0 radical (unpaired) electrons. The minimum absolute atomic E-state index is 0.151. The number of hydrogen-bond acceptors (Lipinski definition) is 3. The normalized spacial score (nSPS) is 18.4. The Morgan fingerprint density at radius 2 is 2.00 bits per heavy atom. The van der Waals surface area contributed by atoms with E-state index in [4.69, 9.17) is 4.74 Å². The van der Waals surface area contributed by atoms with Gasteiger partial charge in [0.2, 0.25) is 0 Å². The molecule has 2 unspecified atom stereocenters. The average Bonchev–Trinajstić information content (AvgIpc) is 2.89. The van der Waals surface area contributed by atoms with Crippen LogP contribution in [-0.2, 0) is 6.42 Å². The molecule has 0 fully saturated rings. The van der Waals surface area contributed by atoms with E-state index in [1.807, 2.05) is 19.9 Å². The number of thioether (sulfide) groups is 1. The summed E-state index contributed by atoms with van der Waals surface area (Å²) in [7, 11) is 1.67. The number of aryl methyl sites for hydroxylation is 2. The number of benzene rings is 2. The van der Waals surface area contributed by atoms with Crippen molar-refractivity contribution < 1.29 is 9.84 Å². The number of ether oxygens (including phenoxy) is 1. The van der Waals surface area contributed by atoms with Gasteiger partial charge in [-0.05, 0) is 49.1 Å². The molecule has 3 heteroatoms. The lowest BCUT2D eigenvalue weighted by Gasteiger charge is -2.22. The fraction of sp³-hybridized carbons (Fsp3) is 0.333. The molecule has 0 bridgehead atoms. The minimum atomic E-state index is -0.516. The highest BCUT2D eigenvalue weighted by Crippen LogP contribution is 2.45. The van der Waals surface area contributed by atoms with Crippen molar-refractivity contribution in [1.29, 1.82) is 0 Å². The molecule has 1 heterocycles. The van der Waals surface area contributed by atoms with Crippen molar-refractivity contribution in [1.82, 2.24) is 0 Å². The predicted octanol–water partition coefficient (Wildman–Crippen LogP) is 4.06. The van der Waals surface area contributed by atoms with E-state index in [-0.39, 0.29) is 5.25 Å². The molecule has 2 atom stereocenters. The summed E-state index contributed by atoms with van der Waals surface area (Å²) in [5.41, 5.74) is 4.50. The van der Waals surface area contributed by atoms with Crippen LogP contribution < -0.4 is 4.74 Å². The van der Waals surface area contributed by atoms with Gasteiger partial charge in [-0.1, -0.05) is 24.3 Å². The third-order valence-electron chi connectivity index (χ3n) is 4.03. The molecule has 1 aliphatic heterocycles. The average molecular weight is 300 g/mol. The summed E-state index contributed by atoms with van der Waals surface area (Å²) in [4.78, 5) is 1.28. The van der Waals surface area contributed by atoms with Crippen LogP contribution in [0, 0.1) is 13.8 Å². The van der Waals surface area contributed by atoms with Gasteiger partial charge in [0.15, 0.2) is 0 Å². The first-order valence-electron chi connectivity index (χ1n) is 7.18. The fourth-order valence-electron chi connectivity index (χ4n) is 3.06. The zero-order chi connectivity index (χ0) is 15.0. The van der Waals surface area contributed by atoms with Crippen molar-refractivity contribution in [2.75, 3.05) is 7.11 Å². The van der Waals surface area contributed by atoms with Crippen LogP contribution in [0.3, 0.4) is 0 Å². The van der Waals surface area contributed by atoms with Crippen molar-refractivity contribution >= 4 is 11.8 Å². The number of aliphatic hydroxyl groups excluding tert-OH is 1. The second kappa shape index (κ2) is 5.74. The van der Waals surface area contributed by atoms with Gasteiger partial charge in [-0.2, -0.15) is 0 Å². The Labute approximate surface area is 130 Å². The molecule has 0 saturated carbocycles. The molecule has 0 spiro atoms. The molecule has 0 aromatic heterocycles. The first kappa shape index (κ1) is 14.5. The minimum Gasteiger partial charge on any atom is -0.496 e. The summed E-state index contributed by atoms with van der Waals surface area (Å²) < 4.78 is 5.50. The van der Waals surface area contributed by atoms with Gasteiger partial charge in [0.1, 0.15) is 5.75 Å². The van der Waals surface area contributed by atoms with Crippen molar-refractivity contribution in [3.05, 3.63) is 58.7 Å². The zero-order valence-electron chi connectivity index (χ0n) is 12.6. The lowest BCUT2D eigenvalue weighted by Crippen LogP contribution is -2.16. The summed E-state index contributed by atoms with van der Waals surface area (Å²) in [5.74, 6) is 0.788. The molecule has 1 aliphatic rings.